The van der Waals surface area contributed by atoms with Crippen molar-refractivity contribution in [3.05, 3.63) is 34.3 Å². The van der Waals surface area contributed by atoms with Gasteiger partial charge in [0, 0.05) is 17.4 Å². The van der Waals surface area contributed by atoms with E-state index in [9.17, 15) is 9.59 Å². The Morgan fingerprint density at radius 3 is 2.70 bits per heavy atom. The van der Waals surface area contributed by atoms with E-state index < -0.39 is 0 Å². The summed E-state index contributed by atoms with van der Waals surface area (Å²) in [6.07, 6.45) is 0.402. The van der Waals surface area contributed by atoms with Gasteiger partial charge in [-0.3, -0.25) is 14.5 Å². The van der Waals surface area contributed by atoms with Gasteiger partial charge in [0.2, 0.25) is 0 Å². The normalized spacial score (nSPS) is 10.6. The van der Waals surface area contributed by atoms with Crippen molar-refractivity contribution in [3.63, 3.8) is 0 Å². The van der Waals surface area contributed by atoms with Gasteiger partial charge in [-0.1, -0.05) is 28.1 Å². The molecule has 0 unspecified atom stereocenters. The van der Waals surface area contributed by atoms with E-state index in [0.29, 0.717) is 19.7 Å². The number of ether oxygens (including phenoxy) is 1. The zero-order valence-corrected chi connectivity index (χ0v) is 13.5. The molecule has 0 aliphatic heterocycles. The minimum absolute atomic E-state index is 0.0514. The number of esters is 1. The monoisotopic (exact) mass is 341 g/mol. The molecule has 5 heteroatoms. The highest BCUT2D eigenvalue weighted by Gasteiger charge is 2.10. The van der Waals surface area contributed by atoms with Crippen LogP contribution in [0.3, 0.4) is 0 Å². The van der Waals surface area contributed by atoms with E-state index in [0.717, 1.165) is 10.0 Å². The van der Waals surface area contributed by atoms with Crippen LogP contribution in [0, 0.1) is 0 Å². The third-order valence-electron chi connectivity index (χ3n) is 2.70. The first-order valence-electron chi connectivity index (χ1n) is 6.61. The molecule has 0 atom stereocenters. The fourth-order valence-electron chi connectivity index (χ4n) is 1.86. The third-order valence-corrected chi connectivity index (χ3v) is 3.19. The Morgan fingerprint density at radius 1 is 1.30 bits per heavy atom. The number of hydrogen-bond acceptors (Lipinski definition) is 4. The molecule has 0 bridgehead atoms. The molecular weight excluding hydrogens is 322 g/mol. The van der Waals surface area contributed by atoms with Crippen LogP contribution < -0.4 is 0 Å². The Labute approximate surface area is 128 Å². The summed E-state index contributed by atoms with van der Waals surface area (Å²) in [5.41, 5.74) is 1.14. The fraction of sp³-hybridized carbons (Fsp3) is 0.467. The number of Topliss-reactive ketones (excluding diaryl/α,β-unsaturated/α-hetero) is 1. The number of rotatable bonds is 8. The largest absolute Gasteiger partial charge is 0.466 e. The second-order valence-corrected chi connectivity index (χ2v) is 5.56. The molecule has 0 N–H and O–H groups in total. The summed E-state index contributed by atoms with van der Waals surface area (Å²) in [7, 11) is 1.89. The van der Waals surface area contributed by atoms with Crippen LogP contribution in [0.2, 0.25) is 0 Å². The van der Waals surface area contributed by atoms with Crippen LogP contribution in [0.5, 0.6) is 0 Å². The van der Waals surface area contributed by atoms with Crippen molar-refractivity contribution in [2.75, 3.05) is 20.2 Å². The first-order chi connectivity index (χ1) is 9.51. The van der Waals surface area contributed by atoms with Gasteiger partial charge in [-0.25, -0.2) is 0 Å². The van der Waals surface area contributed by atoms with Crippen LogP contribution in [0.15, 0.2) is 28.7 Å². The molecule has 1 rings (SSSR count). The van der Waals surface area contributed by atoms with Crippen LogP contribution in [-0.2, 0) is 20.9 Å². The van der Waals surface area contributed by atoms with E-state index in [1.54, 1.807) is 6.92 Å². The summed E-state index contributed by atoms with van der Waals surface area (Å²) in [5.74, 6) is -0.258. The lowest BCUT2D eigenvalue weighted by Gasteiger charge is -2.15. The van der Waals surface area contributed by atoms with Gasteiger partial charge in [-0.2, -0.15) is 0 Å². The number of benzene rings is 1. The van der Waals surface area contributed by atoms with Gasteiger partial charge in [0.15, 0.2) is 0 Å². The van der Waals surface area contributed by atoms with Gasteiger partial charge >= 0.3 is 5.97 Å². The van der Waals surface area contributed by atoms with Crippen molar-refractivity contribution in [2.45, 2.75) is 26.3 Å². The summed E-state index contributed by atoms with van der Waals surface area (Å²) < 4.78 is 5.82. The molecule has 4 nitrogen and oxygen atoms in total. The van der Waals surface area contributed by atoms with E-state index in [2.05, 4.69) is 15.9 Å². The Hall–Kier alpha value is -1.20. The Kier molecular flexibility index (Phi) is 7.47. The zero-order chi connectivity index (χ0) is 15.0. The summed E-state index contributed by atoms with van der Waals surface area (Å²) in [4.78, 5) is 24.9. The molecule has 0 aliphatic rings. The van der Waals surface area contributed by atoms with E-state index >= 15 is 0 Å². The molecule has 0 aliphatic carbocycles. The predicted octanol–water partition coefficient (Wildman–Crippen LogP) is 2.79. The average molecular weight is 342 g/mol. The maximum absolute atomic E-state index is 11.8. The number of carbonyl (C=O) groups excluding carboxylic acids is 2. The summed E-state index contributed by atoms with van der Waals surface area (Å²) in [6, 6.07) is 7.98. The van der Waals surface area contributed by atoms with Crippen molar-refractivity contribution in [1.29, 1.82) is 0 Å². The second-order valence-electron chi connectivity index (χ2n) is 4.65. The van der Waals surface area contributed by atoms with Crippen molar-refractivity contribution >= 4 is 27.7 Å². The molecule has 110 valence electrons. The molecule has 0 saturated carbocycles. The van der Waals surface area contributed by atoms with Gasteiger partial charge < -0.3 is 4.74 Å². The molecule has 1 aromatic carbocycles. The Bertz CT molecular complexity index is 462. The fourth-order valence-corrected chi connectivity index (χ4v) is 2.30. The predicted molar refractivity (Wildman–Crippen MR) is 81.4 cm³/mol. The summed E-state index contributed by atoms with van der Waals surface area (Å²) in [5, 5.41) is 0. The van der Waals surface area contributed by atoms with E-state index in [1.807, 2.05) is 36.2 Å². The first kappa shape index (κ1) is 16.9. The SMILES string of the molecule is CCOC(=O)CCC(=O)CN(C)Cc1cccc(Br)c1. The van der Waals surface area contributed by atoms with Crippen LogP contribution in [-0.4, -0.2) is 36.9 Å². The Balaban J connectivity index is 2.33. The topological polar surface area (TPSA) is 46.6 Å². The number of halogens is 1. The van der Waals surface area contributed by atoms with Crippen molar-refractivity contribution in [1.82, 2.24) is 4.90 Å². The number of carbonyl (C=O) groups is 2. The Morgan fingerprint density at radius 2 is 2.05 bits per heavy atom. The number of hydrogen-bond donors (Lipinski definition) is 0. The highest BCUT2D eigenvalue weighted by molar-refractivity contribution is 9.10. The minimum Gasteiger partial charge on any atom is -0.466 e. The molecule has 0 amide bonds. The lowest BCUT2D eigenvalue weighted by atomic mass is 10.2. The van der Waals surface area contributed by atoms with Crippen LogP contribution in [0.1, 0.15) is 25.3 Å². The average Bonchev–Trinajstić information content (AvgIpc) is 2.36. The first-order valence-corrected chi connectivity index (χ1v) is 7.41. The van der Waals surface area contributed by atoms with Gasteiger partial charge in [-0.15, -0.1) is 0 Å². The highest BCUT2D eigenvalue weighted by atomic mass is 79.9. The van der Waals surface area contributed by atoms with Crippen molar-refractivity contribution in [2.24, 2.45) is 0 Å². The van der Waals surface area contributed by atoms with Crippen LogP contribution in [0.4, 0.5) is 0 Å². The number of ketones is 1. The maximum Gasteiger partial charge on any atom is 0.306 e. The number of nitrogens with zero attached hydrogens (tertiary/aromatic N) is 1. The molecule has 0 spiro atoms. The lowest BCUT2D eigenvalue weighted by Crippen LogP contribution is -2.26. The summed E-state index contributed by atoms with van der Waals surface area (Å²) in [6.45, 7) is 3.15. The molecule has 0 radical (unpaired) electrons. The van der Waals surface area contributed by atoms with Crippen molar-refractivity contribution < 1.29 is 14.3 Å². The van der Waals surface area contributed by atoms with E-state index in [-0.39, 0.29) is 24.6 Å². The summed E-state index contributed by atoms with van der Waals surface area (Å²) >= 11 is 3.42. The molecule has 0 heterocycles. The lowest BCUT2D eigenvalue weighted by molar-refractivity contribution is -0.144. The van der Waals surface area contributed by atoms with E-state index in [4.69, 9.17) is 4.74 Å². The standard InChI is InChI=1S/C15H20BrNO3/c1-3-20-15(19)8-7-14(18)11-17(2)10-12-5-4-6-13(16)9-12/h4-6,9H,3,7-8,10-11H2,1-2H3. The van der Waals surface area contributed by atoms with Crippen molar-refractivity contribution in [3.8, 4) is 0 Å². The molecule has 1 aromatic rings. The van der Waals surface area contributed by atoms with E-state index in [1.165, 1.54) is 0 Å². The van der Waals surface area contributed by atoms with Crippen LogP contribution >= 0.6 is 15.9 Å². The quantitative estimate of drug-likeness (QED) is 0.682. The van der Waals surface area contributed by atoms with Gasteiger partial charge in [-0.05, 0) is 31.7 Å². The van der Waals surface area contributed by atoms with Gasteiger partial charge in [0.1, 0.15) is 5.78 Å². The molecule has 0 fully saturated rings. The molecule has 0 saturated heterocycles. The molecule has 0 aromatic heterocycles. The molecular formula is C15H20BrNO3. The third kappa shape index (κ3) is 6.82. The highest BCUT2D eigenvalue weighted by Crippen LogP contribution is 2.13. The maximum atomic E-state index is 11.8. The zero-order valence-electron chi connectivity index (χ0n) is 11.9. The van der Waals surface area contributed by atoms with Gasteiger partial charge in [0.25, 0.3) is 0 Å². The second kappa shape index (κ2) is 8.87. The number of likely N-dealkylation sites (N-methyl/N-ethyl adjacent to an activating group) is 1. The van der Waals surface area contributed by atoms with Gasteiger partial charge in [0.05, 0.1) is 19.6 Å². The minimum atomic E-state index is -0.310. The molecule has 20 heavy (non-hydrogen) atoms. The van der Waals surface area contributed by atoms with Crippen LogP contribution in [0.25, 0.3) is 0 Å². The smallest absolute Gasteiger partial charge is 0.306 e.